The number of anilines is 2. The topological polar surface area (TPSA) is 154 Å². The first-order valence-electron chi connectivity index (χ1n) is 21.7. The van der Waals surface area contributed by atoms with E-state index in [2.05, 4.69) is 40.2 Å². The summed E-state index contributed by atoms with van der Waals surface area (Å²) >= 11 is 0. The highest BCUT2D eigenvalue weighted by Gasteiger charge is 2.45. The van der Waals surface area contributed by atoms with Crippen molar-refractivity contribution in [1.82, 2.24) is 24.9 Å². The summed E-state index contributed by atoms with van der Waals surface area (Å²) in [5.41, 5.74) is 5.51. The normalized spacial score (nSPS) is 24.2. The van der Waals surface area contributed by atoms with E-state index in [1.807, 2.05) is 22.1 Å². The summed E-state index contributed by atoms with van der Waals surface area (Å²) in [7, 11) is 0. The molecule has 0 spiro atoms. The van der Waals surface area contributed by atoms with E-state index in [-0.39, 0.29) is 65.8 Å². The highest BCUT2D eigenvalue weighted by molar-refractivity contribution is 6.23. The number of ether oxygens (including phenoxy) is 1. The van der Waals surface area contributed by atoms with Crippen LogP contribution in [0, 0.1) is 11.8 Å². The van der Waals surface area contributed by atoms with Crippen molar-refractivity contribution in [3.05, 3.63) is 59.4 Å². The van der Waals surface area contributed by atoms with Gasteiger partial charge in [0.2, 0.25) is 23.6 Å². The average molecular weight is 802 g/mol. The Bertz CT molecular complexity index is 2250. The molecule has 0 radical (unpaired) electrons. The van der Waals surface area contributed by atoms with Crippen LogP contribution in [0.5, 0.6) is 5.75 Å². The number of likely N-dealkylation sites (tertiary alicyclic amines) is 1. The number of amides is 6. The number of benzene rings is 2. The summed E-state index contributed by atoms with van der Waals surface area (Å²) in [5, 5.41) is 7.08. The van der Waals surface area contributed by atoms with Crippen LogP contribution < -0.4 is 19.9 Å². The van der Waals surface area contributed by atoms with E-state index in [0.29, 0.717) is 39.0 Å². The fourth-order valence-corrected chi connectivity index (χ4v) is 10.0. The zero-order chi connectivity index (χ0) is 40.5. The van der Waals surface area contributed by atoms with Gasteiger partial charge in [0, 0.05) is 79.1 Å². The van der Waals surface area contributed by atoms with Crippen LogP contribution in [-0.2, 0) is 25.6 Å². The van der Waals surface area contributed by atoms with Crippen molar-refractivity contribution < 1.29 is 33.5 Å². The fraction of sp³-hybridized carbons (Fsp3) is 0.533. The number of rotatable bonds is 8. The third kappa shape index (κ3) is 6.77. The van der Waals surface area contributed by atoms with E-state index in [0.717, 1.165) is 90.1 Å². The molecule has 59 heavy (non-hydrogen) atoms. The van der Waals surface area contributed by atoms with Crippen molar-refractivity contribution in [2.24, 2.45) is 11.8 Å². The standard InChI is InChI=1S/C45H51N7O7/c1-26-5-9-35-37(51(26)43(56)27-6-7-27)12-11-33(40(35)59-32-3-2-4-32)29-24-46-50(25-29)30-17-21-49(22-18-30)42(55)28-15-19-48(20-16-28)31-8-10-34-36(23-31)45(58)52(44(34)57)38-13-14-39(53)47-41(38)54/h8,10-12,23-28,30,32,38H,2-7,9,13-22H2,1H3,(H,47,53,54)/t26-,38?/m0/s1. The van der Waals surface area contributed by atoms with Gasteiger partial charge in [-0.2, -0.15) is 5.10 Å². The molecule has 3 saturated heterocycles. The van der Waals surface area contributed by atoms with Crippen molar-refractivity contribution in [2.45, 2.75) is 115 Å². The number of imide groups is 2. The highest BCUT2D eigenvalue weighted by Crippen LogP contribution is 2.46. The second-order valence-electron chi connectivity index (χ2n) is 17.7. The zero-order valence-electron chi connectivity index (χ0n) is 33.6. The van der Waals surface area contributed by atoms with Gasteiger partial charge < -0.3 is 19.4 Å². The molecule has 2 atom stereocenters. The summed E-state index contributed by atoms with van der Waals surface area (Å²) in [4.78, 5) is 85.1. The number of piperidine rings is 3. The Labute approximate surface area is 343 Å². The Morgan fingerprint density at radius 3 is 2.20 bits per heavy atom. The van der Waals surface area contributed by atoms with Crippen molar-refractivity contribution in [3.63, 3.8) is 0 Å². The summed E-state index contributed by atoms with van der Waals surface area (Å²) in [6.45, 7) is 4.78. The van der Waals surface area contributed by atoms with Crippen LogP contribution in [0.3, 0.4) is 0 Å². The van der Waals surface area contributed by atoms with Gasteiger partial charge in [0.25, 0.3) is 11.8 Å². The number of hydrogen-bond acceptors (Lipinski definition) is 9. The molecule has 0 bridgehead atoms. The maximum absolute atomic E-state index is 13.8. The molecule has 10 rings (SSSR count). The molecular formula is C45H51N7O7. The van der Waals surface area contributed by atoms with E-state index in [1.54, 1.807) is 12.1 Å². The lowest BCUT2D eigenvalue weighted by Crippen LogP contribution is -2.54. The molecule has 1 unspecified atom stereocenters. The average Bonchev–Trinajstić information content (AvgIpc) is 3.92. The van der Waals surface area contributed by atoms with Crippen LogP contribution in [0.4, 0.5) is 11.4 Å². The molecule has 2 aromatic carbocycles. The first-order valence-corrected chi connectivity index (χ1v) is 21.7. The molecule has 7 aliphatic rings. The number of carbonyl (C=O) groups excluding carboxylic acids is 6. The second kappa shape index (κ2) is 14.9. The van der Waals surface area contributed by atoms with E-state index < -0.39 is 29.7 Å². The fourth-order valence-electron chi connectivity index (χ4n) is 10.0. The van der Waals surface area contributed by atoms with Gasteiger partial charge in [-0.3, -0.25) is 43.7 Å². The zero-order valence-corrected chi connectivity index (χ0v) is 33.6. The van der Waals surface area contributed by atoms with Gasteiger partial charge in [-0.1, -0.05) is 0 Å². The second-order valence-corrected chi connectivity index (χ2v) is 17.7. The maximum Gasteiger partial charge on any atom is 0.262 e. The molecule has 2 aliphatic carbocycles. The third-order valence-corrected chi connectivity index (χ3v) is 13.9. The van der Waals surface area contributed by atoms with Gasteiger partial charge in [0.15, 0.2) is 0 Å². The van der Waals surface area contributed by atoms with E-state index in [4.69, 9.17) is 9.84 Å². The Kier molecular flexibility index (Phi) is 9.55. The van der Waals surface area contributed by atoms with E-state index >= 15 is 0 Å². The Morgan fingerprint density at radius 2 is 1.49 bits per heavy atom. The third-order valence-electron chi connectivity index (χ3n) is 13.9. The van der Waals surface area contributed by atoms with Crippen molar-refractivity contribution >= 4 is 46.8 Å². The number of fused-ring (bicyclic) bond motifs is 2. The lowest BCUT2D eigenvalue weighted by Gasteiger charge is -2.38. The predicted molar refractivity (Wildman–Crippen MR) is 217 cm³/mol. The Balaban J connectivity index is 0.764. The summed E-state index contributed by atoms with van der Waals surface area (Å²) in [5.74, 6) is -0.656. The minimum atomic E-state index is -1.00. The van der Waals surface area contributed by atoms with Crippen molar-refractivity contribution in [1.29, 1.82) is 0 Å². The van der Waals surface area contributed by atoms with Crippen molar-refractivity contribution in [2.75, 3.05) is 36.0 Å². The predicted octanol–water partition coefficient (Wildman–Crippen LogP) is 5.04. The van der Waals surface area contributed by atoms with Gasteiger partial charge in [0.1, 0.15) is 11.8 Å². The molecule has 5 fully saturated rings. The first-order chi connectivity index (χ1) is 28.6. The molecule has 5 aliphatic heterocycles. The molecule has 3 aromatic rings. The smallest absolute Gasteiger partial charge is 0.262 e. The molecule has 6 heterocycles. The lowest BCUT2D eigenvalue weighted by atomic mass is 9.91. The summed E-state index contributed by atoms with van der Waals surface area (Å²) < 4.78 is 8.81. The monoisotopic (exact) mass is 801 g/mol. The Morgan fingerprint density at radius 1 is 0.763 bits per heavy atom. The van der Waals surface area contributed by atoms with E-state index in [9.17, 15) is 28.8 Å². The van der Waals surface area contributed by atoms with Crippen LogP contribution in [0.15, 0.2) is 42.7 Å². The van der Waals surface area contributed by atoms with Gasteiger partial charge in [-0.25, -0.2) is 0 Å². The van der Waals surface area contributed by atoms with Crippen LogP contribution in [-0.4, -0.2) is 99.4 Å². The SMILES string of the molecule is C[C@H]1CCc2c(ccc(-c3cnn(C4CCN(C(=O)C5CCN(c6ccc7c(c6)C(=O)N(C6CCC(=O)NC6=O)C7=O)CC5)CC4)c3)c2OC2CCC2)N1C(=O)C1CC1. The number of hydrogen-bond donors (Lipinski definition) is 1. The highest BCUT2D eigenvalue weighted by atomic mass is 16.5. The lowest BCUT2D eigenvalue weighted by molar-refractivity contribution is -0.138. The van der Waals surface area contributed by atoms with Gasteiger partial charge in [-0.15, -0.1) is 0 Å². The number of aromatic nitrogens is 2. The number of nitrogens with one attached hydrogen (secondary N) is 1. The molecule has 6 amide bonds. The Hall–Kier alpha value is -5.53. The van der Waals surface area contributed by atoms with Crippen molar-refractivity contribution in [3.8, 4) is 16.9 Å². The molecule has 1 aromatic heterocycles. The van der Waals surface area contributed by atoms with Gasteiger partial charge in [0.05, 0.1) is 35.2 Å². The van der Waals surface area contributed by atoms with Gasteiger partial charge in [-0.05, 0) is 114 Å². The first kappa shape index (κ1) is 37.7. The summed E-state index contributed by atoms with van der Waals surface area (Å²) in [6, 6.07) is 8.77. The van der Waals surface area contributed by atoms with Crippen LogP contribution >= 0.6 is 0 Å². The minimum absolute atomic E-state index is 0.0736. The van der Waals surface area contributed by atoms with Crippen LogP contribution in [0.2, 0.25) is 0 Å². The van der Waals surface area contributed by atoms with Gasteiger partial charge >= 0.3 is 0 Å². The van der Waals surface area contributed by atoms with E-state index in [1.165, 1.54) is 6.42 Å². The molecule has 2 saturated carbocycles. The molecule has 308 valence electrons. The van der Waals surface area contributed by atoms with Crippen LogP contribution in [0.25, 0.3) is 11.1 Å². The summed E-state index contributed by atoms with van der Waals surface area (Å²) in [6.07, 6.45) is 14.5. The molecule has 14 nitrogen and oxygen atoms in total. The molecule has 1 N–H and O–H groups in total. The maximum atomic E-state index is 13.8. The molecule has 14 heteroatoms. The number of carbonyl (C=O) groups is 6. The minimum Gasteiger partial charge on any atom is -0.489 e. The quantitative estimate of drug-likeness (QED) is 0.309. The molecular weight excluding hydrogens is 751 g/mol. The van der Waals surface area contributed by atoms with Crippen LogP contribution in [0.1, 0.15) is 116 Å². The largest absolute Gasteiger partial charge is 0.489 e. The number of nitrogens with zero attached hydrogens (tertiary/aromatic N) is 6.